The van der Waals surface area contributed by atoms with Crippen LogP contribution in [-0.2, 0) is 0 Å². The van der Waals surface area contributed by atoms with Gasteiger partial charge in [-0.2, -0.15) is 0 Å². The van der Waals surface area contributed by atoms with Crippen LogP contribution >= 0.6 is 0 Å². The van der Waals surface area contributed by atoms with Crippen LogP contribution in [0.4, 0.5) is 0 Å². The van der Waals surface area contributed by atoms with Crippen LogP contribution in [0.1, 0.15) is 13.3 Å². The predicted molar refractivity (Wildman–Crippen MR) is 41.6 cm³/mol. The van der Waals surface area contributed by atoms with Crippen LogP contribution in [0.5, 0.6) is 0 Å². The van der Waals surface area contributed by atoms with Crippen molar-refractivity contribution in [2.24, 2.45) is 0 Å². The van der Waals surface area contributed by atoms with Crippen LogP contribution in [0.25, 0.3) is 0 Å². The quantitative estimate of drug-likeness (QED) is 0.571. The highest BCUT2D eigenvalue weighted by atomic mass is 16.3. The Bertz CT molecular complexity index is 129. The molecule has 0 heterocycles. The van der Waals surface area contributed by atoms with E-state index in [4.69, 9.17) is 10.2 Å². The van der Waals surface area contributed by atoms with Crippen LogP contribution in [0.3, 0.4) is 0 Å². The highest BCUT2D eigenvalue weighted by molar-refractivity contribution is 5.01. The van der Waals surface area contributed by atoms with Gasteiger partial charge in [0, 0.05) is 0 Å². The largest absolute Gasteiger partial charge is 0.390 e. The molecule has 0 amide bonds. The molecule has 2 atom stereocenters. The maximum atomic E-state index is 9.13. The van der Waals surface area contributed by atoms with Crippen LogP contribution in [0, 0.1) is 0 Å². The summed E-state index contributed by atoms with van der Waals surface area (Å²) in [7, 11) is 0. The third kappa shape index (κ3) is 2.80. The summed E-state index contributed by atoms with van der Waals surface area (Å²) in [4.78, 5) is 0. The van der Waals surface area contributed by atoms with Crippen molar-refractivity contribution in [3.8, 4) is 0 Å². The summed E-state index contributed by atoms with van der Waals surface area (Å²) in [6.45, 7) is 8.63. The molecular weight excluding hydrogens is 128 g/mol. The molecule has 0 rings (SSSR count). The molecule has 0 bridgehead atoms. The zero-order chi connectivity index (χ0) is 8.15. The highest BCUT2D eigenvalue weighted by Gasteiger charge is 2.14. The maximum absolute atomic E-state index is 9.13. The van der Waals surface area contributed by atoms with E-state index in [0.29, 0.717) is 12.0 Å². The van der Waals surface area contributed by atoms with Crippen molar-refractivity contribution >= 4 is 0 Å². The van der Waals surface area contributed by atoms with Crippen LogP contribution in [-0.4, -0.2) is 22.4 Å². The summed E-state index contributed by atoms with van der Waals surface area (Å²) < 4.78 is 0. The Morgan fingerprint density at radius 2 is 2.10 bits per heavy atom. The molecule has 58 valence electrons. The van der Waals surface area contributed by atoms with E-state index < -0.39 is 12.2 Å². The number of hydrogen-bond acceptors (Lipinski definition) is 2. The van der Waals surface area contributed by atoms with Crippen molar-refractivity contribution in [1.82, 2.24) is 0 Å². The van der Waals surface area contributed by atoms with Crippen LogP contribution in [0.2, 0.25) is 0 Å². The minimum Gasteiger partial charge on any atom is -0.390 e. The fourth-order valence-electron chi connectivity index (χ4n) is 0.628. The second kappa shape index (κ2) is 4.25. The van der Waals surface area contributed by atoms with Gasteiger partial charge in [-0.3, -0.25) is 0 Å². The van der Waals surface area contributed by atoms with Gasteiger partial charge in [-0.15, -0.1) is 6.58 Å². The molecule has 2 nitrogen and oxygen atoms in total. The maximum Gasteiger partial charge on any atom is 0.101 e. The van der Waals surface area contributed by atoms with Gasteiger partial charge in [-0.1, -0.05) is 12.7 Å². The Labute approximate surface area is 61.5 Å². The molecule has 0 unspecified atom stereocenters. The normalized spacial score (nSPS) is 15.9. The van der Waals surface area contributed by atoms with E-state index in [1.54, 1.807) is 13.0 Å². The molecule has 0 spiro atoms. The second-order valence-corrected chi connectivity index (χ2v) is 2.38. The standard InChI is InChI=1S/C8H14O2/c1-4-5-7(9)8(10)6(2)3/h4,7-10H,1-2,5H2,3H3/t7-,8-/m0/s1. The Morgan fingerprint density at radius 3 is 2.40 bits per heavy atom. The zero-order valence-electron chi connectivity index (χ0n) is 6.25. The van der Waals surface area contributed by atoms with Gasteiger partial charge in [0.2, 0.25) is 0 Å². The van der Waals surface area contributed by atoms with E-state index in [-0.39, 0.29) is 0 Å². The van der Waals surface area contributed by atoms with E-state index in [1.807, 2.05) is 0 Å². The number of rotatable bonds is 4. The van der Waals surface area contributed by atoms with Gasteiger partial charge < -0.3 is 10.2 Å². The van der Waals surface area contributed by atoms with Crippen molar-refractivity contribution in [3.63, 3.8) is 0 Å². The van der Waals surface area contributed by atoms with Crippen molar-refractivity contribution in [2.75, 3.05) is 0 Å². The number of hydrogen-bond donors (Lipinski definition) is 2. The van der Waals surface area contributed by atoms with Gasteiger partial charge in [0.15, 0.2) is 0 Å². The molecule has 0 aliphatic rings. The smallest absolute Gasteiger partial charge is 0.101 e. The summed E-state index contributed by atoms with van der Waals surface area (Å²) >= 11 is 0. The van der Waals surface area contributed by atoms with E-state index in [1.165, 1.54) is 0 Å². The molecule has 0 aromatic carbocycles. The molecule has 2 heteroatoms. The predicted octanol–water partition coefficient (Wildman–Crippen LogP) is 0.860. The third-order valence-electron chi connectivity index (χ3n) is 1.28. The van der Waals surface area contributed by atoms with E-state index >= 15 is 0 Å². The van der Waals surface area contributed by atoms with Crippen molar-refractivity contribution in [3.05, 3.63) is 24.8 Å². The van der Waals surface area contributed by atoms with E-state index in [9.17, 15) is 0 Å². The van der Waals surface area contributed by atoms with Gasteiger partial charge in [0.25, 0.3) is 0 Å². The van der Waals surface area contributed by atoms with Crippen molar-refractivity contribution in [1.29, 1.82) is 0 Å². The lowest BCUT2D eigenvalue weighted by molar-refractivity contribution is 0.0445. The van der Waals surface area contributed by atoms with Crippen molar-refractivity contribution in [2.45, 2.75) is 25.6 Å². The summed E-state index contributed by atoms with van der Waals surface area (Å²) in [5.41, 5.74) is 0.578. The first-order valence-corrected chi connectivity index (χ1v) is 3.22. The van der Waals surface area contributed by atoms with Gasteiger partial charge in [0.1, 0.15) is 6.10 Å². The van der Waals surface area contributed by atoms with Crippen LogP contribution < -0.4 is 0 Å². The molecule has 0 aliphatic heterocycles. The molecule has 0 aromatic heterocycles. The van der Waals surface area contributed by atoms with Crippen LogP contribution in [0.15, 0.2) is 24.8 Å². The monoisotopic (exact) mass is 142 g/mol. The van der Waals surface area contributed by atoms with Crippen molar-refractivity contribution < 1.29 is 10.2 Å². The molecular formula is C8H14O2. The highest BCUT2D eigenvalue weighted by Crippen LogP contribution is 2.06. The fraction of sp³-hybridized carbons (Fsp3) is 0.500. The molecule has 0 saturated carbocycles. The number of aliphatic hydroxyl groups is 2. The first-order chi connectivity index (χ1) is 4.59. The van der Waals surface area contributed by atoms with E-state index in [0.717, 1.165) is 0 Å². The lowest BCUT2D eigenvalue weighted by Gasteiger charge is -2.15. The van der Waals surface area contributed by atoms with Gasteiger partial charge in [-0.25, -0.2) is 0 Å². The molecule has 0 aliphatic carbocycles. The Balaban J connectivity index is 3.80. The van der Waals surface area contributed by atoms with Gasteiger partial charge in [-0.05, 0) is 18.9 Å². The summed E-state index contributed by atoms with van der Waals surface area (Å²) in [5, 5.41) is 18.2. The molecule has 2 N–H and O–H groups in total. The Morgan fingerprint density at radius 1 is 1.60 bits per heavy atom. The summed E-state index contributed by atoms with van der Waals surface area (Å²) in [5.74, 6) is 0. The third-order valence-corrected chi connectivity index (χ3v) is 1.28. The Hall–Kier alpha value is -0.600. The average molecular weight is 142 g/mol. The minimum atomic E-state index is -0.821. The molecule has 0 saturated heterocycles. The van der Waals surface area contributed by atoms with Gasteiger partial charge >= 0.3 is 0 Å². The average Bonchev–Trinajstić information content (AvgIpc) is 1.87. The lowest BCUT2D eigenvalue weighted by Crippen LogP contribution is -2.25. The zero-order valence-corrected chi connectivity index (χ0v) is 6.25. The SMILES string of the molecule is C=CC[C@H](O)[C@@H](O)C(=C)C. The lowest BCUT2D eigenvalue weighted by atomic mass is 10.1. The topological polar surface area (TPSA) is 40.5 Å². The van der Waals surface area contributed by atoms with Gasteiger partial charge in [0.05, 0.1) is 6.10 Å². The fourth-order valence-corrected chi connectivity index (χ4v) is 0.628. The summed E-state index contributed by atoms with van der Waals surface area (Å²) in [6.07, 6.45) is 0.387. The first-order valence-electron chi connectivity index (χ1n) is 3.22. The summed E-state index contributed by atoms with van der Waals surface area (Å²) in [6, 6.07) is 0. The molecule has 0 fully saturated rings. The first kappa shape index (κ1) is 9.40. The minimum absolute atomic E-state index is 0.397. The molecule has 0 aromatic rings. The molecule has 10 heavy (non-hydrogen) atoms. The second-order valence-electron chi connectivity index (χ2n) is 2.38. The molecule has 0 radical (unpaired) electrons. The Kier molecular flexibility index (Phi) is 4.00. The number of aliphatic hydroxyl groups excluding tert-OH is 2. The van der Waals surface area contributed by atoms with E-state index in [2.05, 4.69) is 13.2 Å².